The SMILES string of the molecule is CCNC(C)C(CC)c1ccc(S(N)(=O)=O)cc1. The van der Waals surface area contributed by atoms with Crippen LogP contribution >= 0.6 is 0 Å². The summed E-state index contributed by atoms with van der Waals surface area (Å²) in [5.74, 6) is 0.375. The summed E-state index contributed by atoms with van der Waals surface area (Å²) in [6.45, 7) is 7.28. The van der Waals surface area contributed by atoms with Gasteiger partial charge in [0.15, 0.2) is 0 Å². The third-order valence-corrected chi connectivity index (χ3v) is 4.14. The zero-order chi connectivity index (χ0) is 13.8. The molecule has 5 heteroatoms. The molecule has 0 heterocycles. The predicted molar refractivity (Wildman–Crippen MR) is 74.0 cm³/mol. The van der Waals surface area contributed by atoms with E-state index in [4.69, 9.17) is 5.14 Å². The van der Waals surface area contributed by atoms with Crippen LogP contribution in [0.25, 0.3) is 0 Å². The minimum atomic E-state index is -3.60. The molecule has 0 bridgehead atoms. The maximum atomic E-state index is 11.2. The quantitative estimate of drug-likeness (QED) is 0.828. The molecule has 2 atom stereocenters. The van der Waals surface area contributed by atoms with Crippen molar-refractivity contribution in [3.05, 3.63) is 29.8 Å². The molecule has 2 unspecified atom stereocenters. The molecule has 3 N–H and O–H groups in total. The molecule has 0 fully saturated rings. The summed E-state index contributed by atoms with van der Waals surface area (Å²) >= 11 is 0. The molecule has 0 aliphatic rings. The Hall–Kier alpha value is -0.910. The van der Waals surface area contributed by atoms with Gasteiger partial charge in [-0.05, 0) is 43.5 Å². The highest BCUT2D eigenvalue weighted by Gasteiger charge is 2.17. The Morgan fingerprint density at radius 3 is 2.17 bits per heavy atom. The van der Waals surface area contributed by atoms with E-state index < -0.39 is 10.0 Å². The van der Waals surface area contributed by atoms with Gasteiger partial charge in [0.2, 0.25) is 10.0 Å². The van der Waals surface area contributed by atoms with Crippen LogP contribution in [0.3, 0.4) is 0 Å². The van der Waals surface area contributed by atoms with Gasteiger partial charge >= 0.3 is 0 Å². The van der Waals surface area contributed by atoms with Crippen LogP contribution in [0.2, 0.25) is 0 Å². The Labute approximate surface area is 110 Å². The van der Waals surface area contributed by atoms with Crippen molar-refractivity contribution in [2.24, 2.45) is 5.14 Å². The molecular formula is C13H22N2O2S. The lowest BCUT2D eigenvalue weighted by Gasteiger charge is -2.24. The summed E-state index contributed by atoms with van der Waals surface area (Å²) < 4.78 is 22.4. The van der Waals surface area contributed by atoms with Gasteiger partial charge in [-0.3, -0.25) is 0 Å². The summed E-state index contributed by atoms with van der Waals surface area (Å²) in [6.07, 6.45) is 1.00. The fourth-order valence-electron chi connectivity index (χ4n) is 2.25. The first-order valence-corrected chi connectivity index (χ1v) is 7.80. The van der Waals surface area contributed by atoms with Gasteiger partial charge in [-0.1, -0.05) is 26.0 Å². The highest BCUT2D eigenvalue weighted by molar-refractivity contribution is 7.89. The number of nitrogens with one attached hydrogen (secondary N) is 1. The smallest absolute Gasteiger partial charge is 0.238 e. The molecule has 0 amide bonds. The standard InChI is InChI=1S/C13H22N2O2S/c1-4-13(10(3)15-5-2)11-6-8-12(9-7-11)18(14,16)17/h6-10,13,15H,4-5H2,1-3H3,(H2,14,16,17). The van der Waals surface area contributed by atoms with Crippen molar-refractivity contribution in [2.45, 2.75) is 44.0 Å². The van der Waals surface area contributed by atoms with Crippen LogP contribution in [-0.2, 0) is 10.0 Å². The molecule has 0 saturated heterocycles. The van der Waals surface area contributed by atoms with Crippen LogP contribution in [0.1, 0.15) is 38.7 Å². The lowest BCUT2D eigenvalue weighted by atomic mass is 9.90. The molecular weight excluding hydrogens is 248 g/mol. The van der Waals surface area contributed by atoms with Gasteiger partial charge in [0.1, 0.15) is 0 Å². The van der Waals surface area contributed by atoms with E-state index in [1.807, 2.05) is 12.1 Å². The number of hydrogen-bond donors (Lipinski definition) is 2. The predicted octanol–water partition coefficient (Wildman–Crippen LogP) is 1.83. The van der Waals surface area contributed by atoms with Crippen molar-refractivity contribution in [3.8, 4) is 0 Å². The third-order valence-electron chi connectivity index (χ3n) is 3.21. The number of hydrogen-bond acceptors (Lipinski definition) is 3. The fraction of sp³-hybridized carbons (Fsp3) is 0.538. The average Bonchev–Trinajstić information content (AvgIpc) is 2.30. The van der Waals surface area contributed by atoms with Gasteiger partial charge in [0.25, 0.3) is 0 Å². The van der Waals surface area contributed by atoms with Gasteiger partial charge in [0, 0.05) is 6.04 Å². The summed E-state index contributed by atoms with van der Waals surface area (Å²) in [7, 11) is -3.60. The first-order chi connectivity index (χ1) is 8.40. The number of primary sulfonamides is 1. The molecule has 1 aromatic carbocycles. The highest BCUT2D eigenvalue weighted by Crippen LogP contribution is 2.24. The van der Waals surface area contributed by atoms with E-state index in [0.717, 1.165) is 18.5 Å². The minimum Gasteiger partial charge on any atom is -0.314 e. The highest BCUT2D eigenvalue weighted by atomic mass is 32.2. The number of nitrogens with two attached hydrogens (primary N) is 1. The Bertz CT molecular complexity index is 468. The van der Waals surface area contributed by atoms with E-state index in [0.29, 0.717) is 12.0 Å². The monoisotopic (exact) mass is 270 g/mol. The van der Waals surface area contributed by atoms with Crippen molar-refractivity contribution in [1.29, 1.82) is 0 Å². The van der Waals surface area contributed by atoms with Gasteiger partial charge in [0.05, 0.1) is 4.90 Å². The van der Waals surface area contributed by atoms with Crippen LogP contribution in [-0.4, -0.2) is 21.0 Å². The zero-order valence-electron chi connectivity index (χ0n) is 11.2. The first-order valence-electron chi connectivity index (χ1n) is 6.26. The number of rotatable bonds is 6. The van der Waals surface area contributed by atoms with E-state index in [-0.39, 0.29) is 4.90 Å². The second-order valence-corrected chi connectivity index (χ2v) is 6.04. The van der Waals surface area contributed by atoms with Crippen LogP contribution in [0.15, 0.2) is 29.2 Å². The van der Waals surface area contributed by atoms with Gasteiger partial charge in [-0.15, -0.1) is 0 Å². The molecule has 18 heavy (non-hydrogen) atoms. The zero-order valence-corrected chi connectivity index (χ0v) is 12.0. The van der Waals surface area contributed by atoms with E-state index >= 15 is 0 Å². The Morgan fingerprint density at radius 2 is 1.78 bits per heavy atom. The summed E-state index contributed by atoms with van der Waals surface area (Å²) in [6, 6.07) is 7.21. The second kappa shape index (κ2) is 6.31. The first kappa shape index (κ1) is 15.1. The molecule has 1 aromatic rings. The Kier molecular flexibility index (Phi) is 5.31. The molecule has 4 nitrogen and oxygen atoms in total. The maximum absolute atomic E-state index is 11.2. The third kappa shape index (κ3) is 3.80. The molecule has 0 aromatic heterocycles. The normalized spacial score (nSPS) is 15.3. The summed E-state index contributed by atoms with van der Waals surface area (Å²) in [5, 5.41) is 8.48. The van der Waals surface area contributed by atoms with E-state index in [2.05, 4.69) is 26.1 Å². The molecule has 1 rings (SSSR count). The lowest BCUT2D eigenvalue weighted by molar-refractivity contribution is 0.460. The van der Waals surface area contributed by atoms with Gasteiger partial charge in [-0.25, -0.2) is 13.6 Å². The summed E-state index contributed by atoms with van der Waals surface area (Å²) in [5.41, 5.74) is 1.14. The molecule has 0 spiro atoms. The van der Waals surface area contributed by atoms with Crippen molar-refractivity contribution >= 4 is 10.0 Å². The van der Waals surface area contributed by atoms with Crippen LogP contribution in [0.5, 0.6) is 0 Å². The number of sulfonamides is 1. The maximum Gasteiger partial charge on any atom is 0.238 e. The average molecular weight is 270 g/mol. The van der Waals surface area contributed by atoms with Crippen molar-refractivity contribution in [3.63, 3.8) is 0 Å². The Balaban J connectivity index is 2.95. The number of benzene rings is 1. The largest absolute Gasteiger partial charge is 0.314 e. The van der Waals surface area contributed by atoms with Gasteiger partial charge in [-0.2, -0.15) is 0 Å². The minimum absolute atomic E-state index is 0.164. The van der Waals surface area contributed by atoms with Crippen LogP contribution in [0.4, 0.5) is 0 Å². The van der Waals surface area contributed by atoms with Crippen molar-refractivity contribution in [1.82, 2.24) is 5.32 Å². The second-order valence-electron chi connectivity index (χ2n) is 4.48. The Morgan fingerprint density at radius 1 is 1.22 bits per heavy atom. The van der Waals surface area contributed by atoms with E-state index in [1.54, 1.807) is 12.1 Å². The topological polar surface area (TPSA) is 72.2 Å². The lowest BCUT2D eigenvalue weighted by Crippen LogP contribution is -2.31. The molecule has 0 radical (unpaired) electrons. The van der Waals surface area contributed by atoms with Crippen LogP contribution < -0.4 is 10.5 Å². The fourth-order valence-corrected chi connectivity index (χ4v) is 2.76. The van der Waals surface area contributed by atoms with E-state index in [1.165, 1.54) is 0 Å². The summed E-state index contributed by atoms with van der Waals surface area (Å²) in [4.78, 5) is 0.164. The van der Waals surface area contributed by atoms with Crippen LogP contribution in [0, 0.1) is 0 Å². The van der Waals surface area contributed by atoms with Crippen molar-refractivity contribution < 1.29 is 8.42 Å². The molecule has 0 aliphatic carbocycles. The molecule has 102 valence electrons. The molecule has 0 saturated carbocycles. The number of likely N-dealkylation sites (N-methyl/N-ethyl adjacent to an activating group) is 1. The molecule has 0 aliphatic heterocycles. The van der Waals surface area contributed by atoms with Gasteiger partial charge < -0.3 is 5.32 Å². The van der Waals surface area contributed by atoms with E-state index in [9.17, 15) is 8.42 Å². The van der Waals surface area contributed by atoms with Crippen molar-refractivity contribution in [2.75, 3.05) is 6.54 Å².